The monoisotopic (exact) mass is 236 g/mol. The normalized spacial score (nSPS) is 13.6. The summed E-state index contributed by atoms with van der Waals surface area (Å²) in [5.74, 6) is -1.35. The molecule has 0 N–H and O–H groups in total. The van der Waals surface area contributed by atoms with Crippen molar-refractivity contribution in [3.05, 3.63) is 0 Å². The molecule has 0 rings (SSSR count). The Morgan fingerprint density at radius 2 is 1.70 bits per heavy atom. The second-order valence-electron chi connectivity index (χ2n) is 3.41. The van der Waals surface area contributed by atoms with E-state index in [1.807, 2.05) is 20.8 Å². The third kappa shape index (κ3) is 4.09. The standard InChI is InChI=1S/C7H14O2.Ag/c1-5(6(8)9)7(2,3)4;/h5H,1-4H3,(H,8,9);/q;+1/p-1. The van der Waals surface area contributed by atoms with Crippen LogP contribution < -0.4 is 5.11 Å². The van der Waals surface area contributed by atoms with Gasteiger partial charge < -0.3 is 9.90 Å². The van der Waals surface area contributed by atoms with Gasteiger partial charge in [0.1, 0.15) is 0 Å². The summed E-state index contributed by atoms with van der Waals surface area (Å²) >= 11 is 0. The fraction of sp³-hybridized carbons (Fsp3) is 0.857. The summed E-state index contributed by atoms with van der Waals surface area (Å²) in [5, 5.41) is 10.2. The molecule has 0 amide bonds. The van der Waals surface area contributed by atoms with Gasteiger partial charge in [0.15, 0.2) is 0 Å². The van der Waals surface area contributed by atoms with Gasteiger partial charge in [-0.3, -0.25) is 0 Å². The molecule has 0 bridgehead atoms. The van der Waals surface area contributed by atoms with Crippen molar-refractivity contribution in [1.29, 1.82) is 0 Å². The molecule has 0 heterocycles. The third-order valence-electron chi connectivity index (χ3n) is 1.65. The molecule has 1 atom stereocenters. The van der Waals surface area contributed by atoms with Crippen LogP contribution in [-0.4, -0.2) is 5.97 Å². The maximum Gasteiger partial charge on any atom is 1.00 e. The topological polar surface area (TPSA) is 40.1 Å². The van der Waals surface area contributed by atoms with E-state index in [1.54, 1.807) is 6.92 Å². The third-order valence-corrected chi connectivity index (χ3v) is 1.65. The molecule has 1 unspecified atom stereocenters. The maximum atomic E-state index is 10.2. The zero-order chi connectivity index (χ0) is 7.65. The first kappa shape index (κ1) is 12.8. The fourth-order valence-electron chi connectivity index (χ4n) is 0.354. The minimum Gasteiger partial charge on any atom is -0.550 e. The van der Waals surface area contributed by atoms with Crippen LogP contribution in [0.25, 0.3) is 0 Å². The Bertz CT molecular complexity index is 115. The Labute approximate surface area is 77.5 Å². The SMILES string of the molecule is CC(C(=O)[O-])C(C)(C)C.[Ag+]. The first-order valence-corrected chi connectivity index (χ1v) is 3.06. The predicted octanol–water partition coefficient (Wildman–Crippen LogP) is 0.416. The molecule has 0 aromatic rings. The van der Waals surface area contributed by atoms with Gasteiger partial charge in [-0.25, -0.2) is 0 Å². The maximum absolute atomic E-state index is 10.2. The van der Waals surface area contributed by atoms with Crippen LogP contribution in [0.15, 0.2) is 0 Å². The van der Waals surface area contributed by atoms with Gasteiger partial charge in [-0.15, -0.1) is 0 Å². The molecule has 0 spiro atoms. The van der Waals surface area contributed by atoms with Crippen LogP contribution in [0.1, 0.15) is 27.7 Å². The summed E-state index contributed by atoms with van der Waals surface area (Å²) in [4.78, 5) is 10.2. The molecular weight excluding hydrogens is 224 g/mol. The molecule has 0 saturated carbocycles. The van der Waals surface area contributed by atoms with Crippen LogP contribution in [0.4, 0.5) is 0 Å². The molecule has 0 radical (unpaired) electrons. The summed E-state index contributed by atoms with van der Waals surface area (Å²) in [6.45, 7) is 7.31. The molecular formula is C7H13AgO2. The van der Waals surface area contributed by atoms with E-state index in [-0.39, 0.29) is 33.7 Å². The van der Waals surface area contributed by atoms with E-state index in [2.05, 4.69) is 0 Å². The van der Waals surface area contributed by atoms with E-state index in [0.29, 0.717) is 0 Å². The molecule has 0 aliphatic rings. The van der Waals surface area contributed by atoms with E-state index in [0.717, 1.165) is 0 Å². The first-order valence-electron chi connectivity index (χ1n) is 3.06. The van der Waals surface area contributed by atoms with Gasteiger partial charge in [0.2, 0.25) is 0 Å². The molecule has 2 nitrogen and oxygen atoms in total. The number of hydrogen-bond donors (Lipinski definition) is 0. The average molecular weight is 237 g/mol. The average Bonchev–Trinajstić information content (AvgIpc) is 1.62. The van der Waals surface area contributed by atoms with Gasteiger partial charge in [-0.1, -0.05) is 27.7 Å². The Morgan fingerprint density at radius 3 is 1.70 bits per heavy atom. The number of rotatable bonds is 1. The Hall–Kier alpha value is 0.210. The van der Waals surface area contributed by atoms with Crippen molar-refractivity contribution in [2.75, 3.05) is 0 Å². The molecule has 0 aliphatic carbocycles. The first-order chi connectivity index (χ1) is 3.85. The number of carbonyl (C=O) groups is 1. The van der Waals surface area contributed by atoms with E-state index in [4.69, 9.17) is 0 Å². The van der Waals surface area contributed by atoms with Crippen LogP contribution in [-0.2, 0) is 27.2 Å². The minimum atomic E-state index is -0.970. The second-order valence-corrected chi connectivity index (χ2v) is 3.41. The number of carboxylic acid groups (broad SMARTS) is 1. The summed E-state index contributed by atoms with van der Waals surface area (Å²) < 4.78 is 0. The molecule has 0 aromatic carbocycles. The van der Waals surface area contributed by atoms with Crippen molar-refractivity contribution >= 4 is 5.97 Å². The summed E-state index contributed by atoms with van der Waals surface area (Å²) in [7, 11) is 0. The van der Waals surface area contributed by atoms with Gasteiger partial charge in [0.05, 0.1) is 0 Å². The number of carboxylic acids is 1. The number of aliphatic carboxylic acids is 1. The van der Waals surface area contributed by atoms with Gasteiger partial charge >= 0.3 is 22.4 Å². The van der Waals surface area contributed by atoms with Crippen LogP contribution in [0.2, 0.25) is 0 Å². The van der Waals surface area contributed by atoms with Crippen molar-refractivity contribution in [2.24, 2.45) is 11.3 Å². The Morgan fingerprint density at radius 1 is 1.40 bits per heavy atom. The zero-order valence-electron chi connectivity index (χ0n) is 6.70. The van der Waals surface area contributed by atoms with E-state index >= 15 is 0 Å². The van der Waals surface area contributed by atoms with Crippen molar-refractivity contribution in [3.8, 4) is 0 Å². The molecule has 64 valence electrons. The van der Waals surface area contributed by atoms with Crippen LogP contribution in [0, 0.1) is 11.3 Å². The van der Waals surface area contributed by atoms with Gasteiger partial charge in [0, 0.05) is 11.9 Å². The summed E-state index contributed by atoms with van der Waals surface area (Å²) in [6.07, 6.45) is 0. The smallest absolute Gasteiger partial charge is 0.550 e. The van der Waals surface area contributed by atoms with Crippen LogP contribution in [0.3, 0.4) is 0 Å². The van der Waals surface area contributed by atoms with Crippen LogP contribution in [0.5, 0.6) is 0 Å². The predicted molar refractivity (Wildman–Crippen MR) is 33.6 cm³/mol. The number of hydrogen-bond acceptors (Lipinski definition) is 2. The zero-order valence-corrected chi connectivity index (χ0v) is 8.18. The molecule has 0 aromatic heterocycles. The van der Waals surface area contributed by atoms with E-state index in [9.17, 15) is 9.90 Å². The Balaban J connectivity index is 0. The quantitative estimate of drug-likeness (QED) is 0.620. The minimum absolute atomic E-state index is 0. The van der Waals surface area contributed by atoms with E-state index in [1.165, 1.54) is 0 Å². The Kier molecular flexibility index (Phi) is 5.35. The second kappa shape index (κ2) is 4.16. The molecule has 0 aliphatic heterocycles. The summed E-state index contributed by atoms with van der Waals surface area (Å²) in [5.41, 5.74) is -0.182. The molecule has 0 fully saturated rings. The van der Waals surface area contributed by atoms with Gasteiger partial charge in [-0.2, -0.15) is 0 Å². The van der Waals surface area contributed by atoms with Gasteiger partial charge in [-0.05, 0) is 5.41 Å². The van der Waals surface area contributed by atoms with Crippen molar-refractivity contribution in [2.45, 2.75) is 27.7 Å². The molecule has 0 saturated heterocycles. The molecule has 10 heavy (non-hydrogen) atoms. The van der Waals surface area contributed by atoms with Crippen LogP contribution >= 0.6 is 0 Å². The van der Waals surface area contributed by atoms with E-state index < -0.39 is 5.97 Å². The number of carbonyl (C=O) groups excluding carboxylic acids is 1. The fourth-order valence-corrected chi connectivity index (χ4v) is 0.354. The van der Waals surface area contributed by atoms with Crippen molar-refractivity contribution in [1.82, 2.24) is 0 Å². The summed E-state index contributed by atoms with van der Waals surface area (Å²) in [6, 6.07) is 0. The molecule has 3 heteroatoms. The van der Waals surface area contributed by atoms with Crippen molar-refractivity contribution in [3.63, 3.8) is 0 Å². The largest absolute Gasteiger partial charge is 1.00 e. The van der Waals surface area contributed by atoms with Crippen molar-refractivity contribution < 1.29 is 32.3 Å². The van der Waals surface area contributed by atoms with Gasteiger partial charge in [0.25, 0.3) is 0 Å².